The zero-order valence-electron chi connectivity index (χ0n) is 28.0. The van der Waals surface area contributed by atoms with Crippen molar-refractivity contribution in [1.82, 2.24) is 5.32 Å². The molecule has 0 radical (unpaired) electrons. The summed E-state index contributed by atoms with van der Waals surface area (Å²) >= 11 is 1.21. The van der Waals surface area contributed by atoms with Gasteiger partial charge < -0.3 is 33.7 Å². The Morgan fingerprint density at radius 3 is 1.93 bits per heavy atom. The average molecular weight is 672 g/mol. The quantitative estimate of drug-likeness (QED) is 0.0541. The Morgan fingerprint density at radius 1 is 0.844 bits per heavy atom. The molecule has 45 heavy (non-hydrogen) atoms. The number of thioether (sulfide) groups is 1. The van der Waals surface area contributed by atoms with Gasteiger partial charge in [0, 0.05) is 32.5 Å². The second-order valence-electron chi connectivity index (χ2n) is 12.7. The summed E-state index contributed by atoms with van der Waals surface area (Å²) in [5, 5.41) is 2.32. The van der Waals surface area contributed by atoms with E-state index in [0.717, 1.165) is 6.42 Å². The van der Waals surface area contributed by atoms with Gasteiger partial charge in [-0.3, -0.25) is 0 Å². The largest absolute Gasteiger partial charge is 0.449 e. The van der Waals surface area contributed by atoms with E-state index in [4.69, 9.17) is 28.4 Å². The van der Waals surface area contributed by atoms with Gasteiger partial charge in [0.2, 0.25) is 17.4 Å². The van der Waals surface area contributed by atoms with Crippen molar-refractivity contribution in [1.29, 1.82) is 0 Å². The maximum absolute atomic E-state index is 14.2. The predicted octanol–water partition coefficient (Wildman–Crippen LogP) is 6.59. The summed E-state index contributed by atoms with van der Waals surface area (Å²) in [6.45, 7) is 15.6. The predicted molar refractivity (Wildman–Crippen MR) is 164 cm³/mol. The summed E-state index contributed by atoms with van der Waals surface area (Å²) in [5.41, 5.74) is -2.23. The molecule has 0 saturated carbocycles. The SMILES string of the molecule is CCC(C)(COC(C)(C)CCOC(=O)N[C@@H](CSCCC(C)(C)OCC(C)(C)OC)C(=O)Oc1c(F)c(F)cc(F)c1F)OC. The highest BCUT2D eigenvalue weighted by atomic mass is 32.2. The Balaban J connectivity index is 2.89. The zero-order chi connectivity index (χ0) is 34.6. The molecule has 1 N–H and O–H groups in total. The van der Waals surface area contributed by atoms with Crippen LogP contribution in [0, 0.1) is 23.3 Å². The summed E-state index contributed by atoms with van der Waals surface area (Å²) in [5.74, 6) is -9.83. The number of benzene rings is 1. The van der Waals surface area contributed by atoms with Crippen molar-refractivity contribution in [2.75, 3.05) is 45.5 Å². The molecule has 9 nitrogen and oxygen atoms in total. The summed E-state index contributed by atoms with van der Waals surface area (Å²) in [6, 6.07) is -1.49. The van der Waals surface area contributed by atoms with Crippen LogP contribution in [0.4, 0.5) is 22.4 Å². The van der Waals surface area contributed by atoms with E-state index in [9.17, 15) is 27.2 Å². The van der Waals surface area contributed by atoms with Crippen LogP contribution in [0.2, 0.25) is 0 Å². The number of rotatable bonds is 20. The van der Waals surface area contributed by atoms with Crippen molar-refractivity contribution in [3.05, 3.63) is 29.3 Å². The molecule has 260 valence electrons. The molecule has 0 spiro atoms. The van der Waals surface area contributed by atoms with Crippen molar-refractivity contribution in [3.8, 4) is 5.75 Å². The smallest absolute Gasteiger partial charge is 0.407 e. The van der Waals surface area contributed by atoms with Crippen molar-refractivity contribution < 1.29 is 55.6 Å². The molecule has 0 saturated heterocycles. The lowest BCUT2D eigenvalue weighted by atomic mass is 10.0. The van der Waals surface area contributed by atoms with Crippen LogP contribution in [0.25, 0.3) is 0 Å². The van der Waals surface area contributed by atoms with Crippen LogP contribution >= 0.6 is 11.8 Å². The van der Waals surface area contributed by atoms with Crippen LogP contribution in [0.15, 0.2) is 6.07 Å². The third kappa shape index (κ3) is 14.4. The number of esters is 1. The minimum atomic E-state index is -1.89. The fourth-order valence-corrected chi connectivity index (χ4v) is 4.56. The molecule has 0 bridgehead atoms. The first kappa shape index (κ1) is 40.9. The normalized spacial score (nSPS) is 14.5. The van der Waals surface area contributed by atoms with Crippen LogP contribution in [-0.2, 0) is 28.5 Å². The summed E-state index contributed by atoms with van der Waals surface area (Å²) < 4.78 is 88.5. The number of carbonyl (C=O) groups excluding carboxylic acids is 2. The second kappa shape index (κ2) is 17.7. The molecular formula is C31H49F4NO8S. The Bertz CT molecular complexity index is 1090. The molecule has 1 rings (SSSR count). The number of carbonyl (C=O) groups is 2. The van der Waals surface area contributed by atoms with Crippen LogP contribution in [-0.4, -0.2) is 86.1 Å². The van der Waals surface area contributed by atoms with Gasteiger partial charge in [-0.15, -0.1) is 0 Å². The Kier molecular flexibility index (Phi) is 16.1. The number of methoxy groups -OCH3 is 2. The Hall–Kier alpha value is -2.13. The second-order valence-corrected chi connectivity index (χ2v) is 13.8. The average Bonchev–Trinajstić information content (AvgIpc) is 2.97. The van der Waals surface area contributed by atoms with Crippen LogP contribution < -0.4 is 10.1 Å². The minimum absolute atomic E-state index is 0.00819. The van der Waals surface area contributed by atoms with Gasteiger partial charge in [-0.1, -0.05) is 6.92 Å². The molecule has 1 aromatic rings. The number of halogens is 4. The molecule has 0 aliphatic carbocycles. The zero-order valence-corrected chi connectivity index (χ0v) is 28.8. The fourth-order valence-electron chi connectivity index (χ4n) is 3.30. The standard InChI is InChI=1S/C31H49F4NO8S/c1-11-31(8,40-10)19-43-28(2,3)12-14-41-27(38)36-22(17-45-15-13-29(4,5)42-18-30(6,7)39-9)26(37)44-25-23(34)20(32)16-21(33)24(25)35/h16,22H,11-15,17-19H2,1-10H3,(H,36,38)/t22-,31?/m0/s1. The van der Waals surface area contributed by atoms with Gasteiger partial charge in [0.15, 0.2) is 11.6 Å². The molecule has 1 amide bonds. The number of alkyl carbamates (subject to hydrolysis) is 1. The fraction of sp³-hybridized carbons (Fsp3) is 0.742. The van der Waals surface area contributed by atoms with Crippen molar-refractivity contribution in [3.63, 3.8) is 0 Å². The highest BCUT2D eigenvalue weighted by Gasteiger charge is 2.31. The molecule has 1 aromatic carbocycles. The Labute approximate surface area is 268 Å². The molecule has 1 unspecified atom stereocenters. The summed E-state index contributed by atoms with van der Waals surface area (Å²) in [7, 11) is 3.18. The van der Waals surface area contributed by atoms with Gasteiger partial charge in [0.05, 0.1) is 42.2 Å². The molecule has 0 aliphatic rings. The lowest BCUT2D eigenvalue weighted by Crippen LogP contribution is -2.45. The van der Waals surface area contributed by atoms with E-state index >= 15 is 0 Å². The van der Waals surface area contributed by atoms with E-state index in [0.29, 0.717) is 31.8 Å². The highest BCUT2D eigenvalue weighted by molar-refractivity contribution is 7.99. The number of ether oxygens (including phenoxy) is 6. The first-order valence-corrected chi connectivity index (χ1v) is 15.8. The third-order valence-electron chi connectivity index (χ3n) is 7.29. The van der Waals surface area contributed by atoms with E-state index in [2.05, 4.69) is 5.32 Å². The molecule has 2 atom stereocenters. The Morgan fingerprint density at radius 2 is 1.40 bits per heavy atom. The molecule has 0 aliphatic heterocycles. The maximum Gasteiger partial charge on any atom is 0.407 e. The van der Waals surface area contributed by atoms with E-state index in [1.165, 1.54) is 11.8 Å². The first-order chi connectivity index (χ1) is 20.7. The highest BCUT2D eigenvalue weighted by Crippen LogP contribution is 2.28. The molecule has 0 fully saturated rings. The van der Waals surface area contributed by atoms with Crippen LogP contribution in [0.5, 0.6) is 5.75 Å². The van der Waals surface area contributed by atoms with Gasteiger partial charge in [-0.2, -0.15) is 20.5 Å². The molecule has 14 heteroatoms. The molecule has 0 aromatic heterocycles. The molecule has 0 heterocycles. The van der Waals surface area contributed by atoms with Crippen molar-refractivity contribution >= 4 is 23.8 Å². The first-order valence-electron chi connectivity index (χ1n) is 14.6. The van der Waals surface area contributed by atoms with E-state index < -0.39 is 69.5 Å². The van der Waals surface area contributed by atoms with Crippen molar-refractivity contribution in [2.24, 2.45) is 0 Å². The number of hydrogen-bond donors (Lipinski definition) is 1. The van der Waals surface area contributed by atoms with Crippen LogP contribution in [0.3, 0.4) is 0 Å². The van der Waals surface area contributed by atoms with Gasteiger partial charge in [-0.25, -0.2) is 18.4 Å². The van der Waals surface area contributed by atoms with Gasteiger partial charge in [0.1, 0.15) is 6.04 Å². The summed E-state index contributed by atoms with van der Waals surface area (Å²) in [4.78, 5) is 25.6. The lowest BCUT2D eigenvalue weighted by molar-refractivity contribution is -0.136. The maximum atomic E-state index is 14.2. The topological polar surface area (TPSA) is 102 Å². The number of hydrogen-bond acceptors (Lipinski definition) is 9. The van der Waals surface area contributed by atoms with Crippen LogP contribution in [0.1, 0.15) is 74.7 Å². The van der Waals surface area contributed by atoms with Gasteiger partial charge in [0.25, 0.3) is 0 Å². The molecular weight excluding hydrogens is 622 g/mol. The van der Waals surface area contributed by atoms with Gasteiger partial charge >= 0.3 is 12.1 Å². The van der Waals surface area contributed by atoms with Gasteiger partial charge in [-0.05, 0) is 67.1 Å². The van der Waals surface area contributed by atoms with Crippen molar-refractivity contribution in [2.45, 2.75) is 103 Å². The monoisotopic (exact) mass is 671 g/mol. The van der Waals surface area contributed by atoms with E-state index in [1.54, 1.807) is 14.2 Å². The van der Waals surface area contributed by atoms with E-state index in [-0.39, 0.29) is 18.4 Å². The third-order valence-corrected chi connectivity index (χ3v) is 8.35. The minimum Gasteiger partial charge on any atom is -0.449 e. The number of nitrogens with one attached hydrogen (secondary N) is 1. The van der Waals surface area contributed by atoms with E-state index in [1.807, 2.05) is 55.4 Å². The lowest BCUT2D eigenvalue weighted by Gasteiger charge is -2.32. The summed E-state index contributed by atoms with van der Waals surface area (Å²) in [6.07, 6.45) is 0.528. The number of amides is 1.